The summed E-state index contributed by atoms with van der Waals surface area (Å²) in [4.78, 5) is 2.80. The molecule has 0 amide bonds. The second-order valence-corrected chi connectivity index (χ2v) is 6.40. The molecule has 0 aromatic rings. The van der Waals surface area contributed by atoms with Crippen LogP contribution in [0.3, 0.4) is 0 Å². The maximum atomic E-state index is 3.55. The van der Waals surface area contributed by atoms with E-state index in [0.29, 0.717) is 0 Å². The van der Waals surface area contributed by atoms with Crippen LogP contribution in [-0.2, 0) is 0 Å². The number of nitrogens with zero attached hydrogens (tertiary/aromatic N) is 1. The molecule has 0 radical (unpaired) electrons. The van der Waals surface area contributed by atoms with Gasteiger partial charge < -0.3 is 5.32 Å². The summed E-state index contributed by atoms with van der Waals surface area (Å²) in [5.74, 6) is 2.93. The first-order valence-electron chi connectivity index (χ1n) is 7.22. The third-order valence-electron chi connectivity index (χ3n) is 5.45. The lowest BCUT2D eigenvalue weighted by atomic mass is 9.81. The van der Waals surface area contributed by atoms with Crippen LogP contribution in [0.2, 0.25) is 0 Å². The van der Waals surface area contributed by atoms with Crippen LogP contribution < -0.4 is 5.32 Å². The number of fused-ring (bicyclic) bond motifs is 1. The van der Waals surface area contributed by atoms with Gasteiger partial charge in [-0.05, 0) is 51.1 Å². The highest BCUT2D eigenvalue weighted by Crippen LogP contribution is 2.37. The summed E-state index contributed by atoms with van der Waals surface area (Å²) in [5.41, 5.74) is 0. The average molecular weight is 222 g/mol. The molecular formula is C14H26N2. The fraction of sp³-hybridized carbons (Fsp3) is 1.00. The predicted molar refractivity (Wildman–Crippen MR) is 67.4 cm³/mol. The lowest BCUT2D eigenvalue weighted by Crippen LogP contribution is -2.41. The Hall–Kier alpha value is -0.0800. The van der Waals surface area contributed by atoms with Crippen LogP contribution in [0, 0.1) is 17.8 Å². The highest BCUT2D eigenvalue weighted by molar-refractivity contribution is 4.98. The SMILES string of the molecule is CC(CC1CCC1)N1CC2CNCC2C1C. The van der Waals surface area contributed by atoms with Gasteiger partial charge in [0.2, 0.25) is 0 Å². The van der Waals surface area contributed by atoms with Gasteiger partial charge in [0.05, 0.1) is 0 Å². The molecule has 0 bridgehead atoms. The maximum absolute atomic E-state index is 3.55. The van der Waals surface area contributed by atoms with Gasteiger partial charge in [0, 0.05) is 18.6 Å². The molecule has 2 heteroatoms. The number of hydrogen-bond acceptors (Lipinski definition) is 2. The molecule has 3 fully saturated rings. The standard InChI is InChI=1S/C14H26N2/c1-10(6-12-4-3-5-12)16-9-13-7-15-8-14(13)11(16)2/h10-15H,3-9H2,1-2H3. The van der Waals surface area contributed by atoms with Crippen molar-refractivity contribution < 1.29 is 0 Å². The molecule has 3 aliphatic rings. The van der Waals surface area contributed by atoms with Gasteiger partial charge >= 0.3 is 0 Å². The molecule has 0 aromatic heterocycles. The molecule has 2 aliphatic heterocycles. The van der Waals surface area contributed by atoms with Crippen LogP contribution in [-0.4, -0.2) is 36.6 Å². The van der Waals surface area contributed by atoms with E-state index in [0.717, 1.165) is 29.8 Å². The molecule has 4 unspecified atom stereocenters. The van der Waals surface area contributed by atoms with Crippen molar-refractivity contribution in [1.29, 1.82) is 0 Å². The summed E-state index contributed by atoms with van der Waals surface area (Å²) in [6.07, 6.45) is 5.95. The Morgan fingerprint density at radius 3 is 2.75 bits per heavy atom. The Kier molecular flexibility index (Phi) is 2.97. The summed E-state index contributed by atoms with van der Waals surface area (Å²) in [6, 6.07) is 1.64. The molecule has 0 spiro atoms. The summed E-state index contributed by atoms with van der Waals surface area (Å²) >= 11 is 0. The Bertz CT molecular complexity index is 249. The van der Waals surface area contributed by atoms with Crippen molar-refractivity contribution in [2.24, 2.45) is 17.8 Å². The number of hydrogen-bond donors (Lipinski definition) is 1. The first-order chi connectivity index (χ1) is 7.75. The molecule has 0 aromatic carbocycles. The van der Waals surface area contributed by atoms with Gasteiger partial charge in [-0.2, -0.15) is 0 Å². The van der Waals surface area contributed by atoms with Crippen molar-refractivity contribution in [2.75, 3.05) is 19.6 Å². The molecule has 2 nitrogen and oxygen atoms in total. The van der Waals surface area contributed by atoms with Gasteiger partial charge in [0.15, 0.2) is 0 Å². The quantitative estimate of drug-likeness (QED) is 0.787. The zero-order chi connectivity index (χ0) is 11.1. The van der Waals surface area contributed by atoms with Gasteiger partial charge in [0.1, 0.15) is 0 Å². The largest absolute Gasteiger partial charge is 0.316 e. The highest BCUT2D eigenvalue weighted by atomic mass is 15.2. The van der Waals surface area contributed by atoms with Crippen molar-refractivity contribution in [3.05, 3.63) is 0 Å². The van der Waals surface area contributed by atoms with E-state index in [2.05, 4.69) is 24.1 Å². The van der Waals surface area contributed by atoms with E-state index in [-0.39, 0.29) is 0 Å². The van der Waals surface area contributed by atoms with Crippen molar-refractivity contribution in [3.63, 3.8) is 0 Å². The zero-order valence-electron chi connectivity index (χ0n) is 10.8. The second-order valence-electron chi connectivity index (χ2n) is 6.40. The molecule has 92 valence electrons. The summed E-state index contributed by atoms with van der Waals surface area (Å²) in [6.45, 7) is 8.80. The third kappa shape index (κ3) is 1.80. The third-order valence-corrected chi connectivity index (χ3v) is 5.45. The molecule has 1 N–H and O–H groups in total. The molecule has 16 heavy (non-hydrogen) atoms. The average Bonchev–Trinajstić information content (AvgIpc) is 2.75. The van der Waals surface area contributed by atoms with Crippen molar-refractivity contribution in [2.45, 2.75) is 51.6 Å². The van der Waals surface area contributed by atoms with Crippen LogP contribution in [0.1, 0.15) is 39.5 Å². The molecule has 3 rings (SSSR count). The molecular weight excluding hydrogens is 196 g/mol. The maximum Gasteiger partial charge on any atom is 0.0114 e. The number of nitrogens with one attached hydrogen (secondary N) is 1. The smallest absolute Gasteiger partial charge is 0.0114 e. The van der Waals surface area contributed by atoms with Crippen molar-refractivity contribution in [3.8, 4) is 0 Å². The zero-order valence-corrected chi connectivity index (χ0v) is 10.8. The minimum Gasteiger partial charge on any atom is -0.316 e. The Morgan fingerprint density at radius 1 is 1.31 bits per heavy atom. The van der Waals surface area contributed by atoms with Gasteiger partial charge in [-0.3, -0.25) is 4.90 Å². The van der Waals surface area contributed by atoms with Crippen LogP contribution in [0.25, 0.3) is 0 Å². The summed E-state index contributed by atoms with van der Waals surface area (Å²) in [7, 11) is 0. The van der Waals surface area contributed by atoms with E-state index in [1.54, 1.807) is 0 Å². The van der Waals surface area contributed by atoms with Gasteiger partial charge in [-0.15, -0.1) is 0 Å². The molecule has 2 heterocycles. The van der Waals surface area contributed by atoms with E-state index in [1.165, 1.54) is 45.3 Å². The van der Waals surface area contributed by atoms with E-state index < -0.39 is 0 Å². The van der Waals surface area contributed by atoms with Gasteiger partial charge in [-0.1, -0.05) is 19.3 Å². The Morgan fingerprint density at radius 2 is 2.12 bits per heavy atom. The monoisotopic (exact) mass is 222 g/mol. The van der Waals surface area contributed by atoms with Crippen LogP contribution in [0.4, 0.5) is 0 Å². The van der Waals surface area contributed by atoms with E-state index in [1.807, 2.05) is 0 Å². The van der Waals surface area contributed by atoms with Crippen molar-refractivity contribution in [1.82, 2.24) is 10.2 Å². The predicted octanol–water partition coefficient (Wildman–Crippen LogP) is 2.10. The van der Waals surface area contributed by atoms with Crippen molar-refractivity contribution >= 4 is 0 Å². The second kappa shape index (κ2) is 4.30. The van der Waals surface area contributed by atoms with Crippen LogP contribution in [0.5, 0.6) is 0 Å². The Labute approximate surface area is 99.8 Å². The Balaban J connectivity index is 1.57. The van der Waals surface area contributed by atoms with E-state index >= 15 is 0 Å². The lowest BCUT2D eigenvalue weighted by molar-refractivity contribution is 0.136. The molecule has 4 atom stereocenters. The fourth-order valence-electron chi connectivity index (χ4n) is 4.13. The van der Waals surface area contributed by atoms with Crippen LogP contribution in [0.15, 0.2) is 0 Å². The lowest BCUT2D eigenvalue weighted by Gasteiger charge is -2.35. The van der Waals surface area contributed by atoms with E-state index in [4.69, 9.17) is 0 Å². The van der Waals surface area contributed by atoms with Gasteiger partial charge in [0.25, 0.3) is 0 Å². The van der Waals surface area contributed by atoms with Gasteiger partial charge in [-0.25, -0.2) is 0 Å². The number of rotatable bonds is 3. The molecule has 1 aliphatic carbocycles. The summed E-state index contributed by atoms with van der Waals surface area (Å²) < 4.78 is 0. The highest BCUT2D eigenvalue weighted by Gasteiger charge is 2.43. The minimum atomic E-state index is 0.815. The minimum absolute atomic E-state index is 0.815. The first-order valence-corrected chi connectivity index (χ1v) is 7.22. The first kappa shape index (κ1) is 11.0. The topological polar surface area (TPSA) is 15.3 Å². The molecule has 1 saturated carbocycles. The normalized spacial score (nSPS) is 42.0. The van der Waals surface area contributed by atoms with Crippen LogP contribution >= 0.6 is 0 Å². The number of likely N-dealkylation sites (tertiary alicyclic amines) is 1. The molecule has 2 saturated heterocycles. The van der Waals surface area contributed by atoms with E-state index in [9.17, 15) is 0 Å². The summed E-state index contributed by atoms with van der Waals surface area (Å²) in [5, 5.41) is 3.55. The fourth-order valence-corrected chi connectivity index (χ4v) is 4.13.